The zero-order valence-electron chi connectivity index (χ0n) is 12.9. The summed E-state index contributed by atoms with van der Waals surface area (Å²) in [5, 5.41) is 11.2. The van der Waals surface area contributed by atoms with Gasteiger partial charge in [-0.1, -0.05) is 54.6 Å². The molecule has 0 aromatic heterocycles. The molecule has 0 atom stereocenters. The smallest absolute Gasteiger partial charge is 0.416 e. The maximum Gasteiger partial charge on any atom is 0.416 e. The fourth-order valence-corrected chi connectivity index (χ4v) is 2.65. The third kappa shape index (κ3) is 3.55. The van der Waals surface area contributed by atoms with E-state index in [4.69, 9.17) is 0 Å². The lowest BCUT2D eigenvalue weighted by Gasteiger charge is -2.09. The first kappa shape index (κ1) is 16.8. The van der Waals surface area contributed by atoms with Crippen LogP contribution in [0.25, 0.3) is 22.4 Å². The van der Waals surface area contributed by atoms with Gasteiger partial charge >= 0.3 is 12.1 Å². The second-order valence-electron chi connectivity index (χ2n) is 5.51. The Balaban J connectivity index is 2.10. The highest BCUT2D eigenvalue weighted by molar-refractivity contribution is 6.23. The van der Waals surface area contributed by atoms with E-state index in [1.54, 1.807) is 12.1 Å². The lowest BCUT2D eigenvalue weighted by molar-refractivity contribution is -0.137. The molecule has 5 heteroatoms. The molecule has 0 bridgehead atoms. The molecule has 126 valence electrons. The van der Waals surface area contributed by atoms with Gasteiger partial charge in [0.25, 0.3) is 0 Å². The van der Waals surface area contributed by atoms with Crippen LogP contribution in [-0.2, 0) is 11.0 Å². The molecule has 3 aromatic rings. The summed E-state index contributed by atoms with van der Waals surface area (Å²) in [6.45, 7) is 0. The van der Waals surface area contributed by atoms with Gasteiger partial charge in [-0.2, -0.15) is 13.2 Å². The van der Waals surface area contributed by atoms with Crippen LogP contribution in [0, 0.1) is 0 Å². The Labute approximate surface area is 141 Å². The van der Waals surface area contributed by atoms with Crippen molar-refractivity contribution in [3.8, 4) is 0 Å². The molecular weight excluding hydrogens is 329 g/mol. The zero-order chi connectivity index (χ0) is 18.0. The molecule has 0 aliphatic carbocycles. The van der Waals surface area contributed by atoms with Gasteiger partial charge in [0.15, 0.2) is 0 Å². The van der Waals surface area contributed by atoms with Crippen molar-refractivity contribution in [2.45, 2.75) is 6.18 Å². The Kier molecular flexibility index (Phi) is 4.31. The summed E-state index contributed by atoms with van der Waals surface area (Å²) in [5.41, 5.74) is 0.159. The van der Waals surface area contributed by atoms with E-state index in [1.165, 1.54) is 18.2 Å². The highest BCUT2D eigenvalue weighted by atomic mass is 19.4. The van der Waals surface area contributed by atoms with Crippen LogP contribution in [-0.4, -0.2) is 11.1 Å². The molecule has 2 nitrogen and oxygen atoms in total. The lowest BCUT2D eigenvalue weighted by Crippen LogP contribution is -2.04. The SMILES string of the molecule is O=C(O)/C(=C\c1ccc(C(F)(F)F)cc1)c1cccc2ccccc12. The van der Waals surface area contributed by atoms with Crippen LogP contribution in [0.2, 0.25) is 0 Å². The van der Waals surface area contributed by atoms with Crippen molar-refractivity contribution in [2.24, 2.45) is 0 Å². The second kappa shape index (κ2) is 6.43. The monoisotopic (exact) mass is 342 g/mol. The van der Waals surface area contributed by atoms with Gasteiger partial charge in [0.1, 0.15) is 0 Å². The number of fused-ring (bicyclic) bond motifs is 1. The molecule has 3 rings (SSSR count). The number of alkyl halides is 3. The van der Waals surface area contributed by atoms with Gasteiger partial charge in [-0.25, -0.2) is 4.79 Å². The molecule has 0 aliphatic rings. The van der Waals surface area contributed by atoms with Crippen LogP contribution in [0.15, 0.2) is 66.7 Å². The molecule has 0 unspecified atom stereocenters. The Morgan fingerprint density at radius 1 is 0.880 bits per heavy atom. The molecule has 0 aliphatic heterocycles. The van der Waals surface area contributed by atoms with Crippen LogP contribution in [0.5, 0.6) is 0 Å². The predicted octanol–water partition coefficient (Wildman–Crippen LogP) is 5.48. The molecule has 0 heterocycles. The van der Waals surface area contributed by atoms with Gasteiger partial charge in [-0.3, -0.25) is 0 Å². The molecule has 3 aromatic carbocycles. The number of carboxylic acids is 1. The summed E-state index contributed by atoms with van der Waals surface area (Å²) in [5.74, 6) is -1.14. The molecule has 0 radical (unpaired) electrons. The van der Waals surface area contributed by atoms with E-state index in [1.807, 2.05) is 30.3 Å². The van der Waals surface area contributed by atoms with Crippen LogP contribution in [0.4, 0.5) is 13.2 Å². The van der Waals surface area contributed by atoms with E-state index < -0.39 is 17.7 Å². The van der Waals surface area contributed by atoms with Gasteiger partial charge in [0, 0.05) is 0 Å². The minimum Gasteiger partial charge on any atom is -0.478 e. The van der Waals surface area contributed by atoms with Gasteiger partial charge in [-0.05, 0) is 40.1 Å². The van der Waals surface area contributed by atoms with Crippen molar-refractivity contribution in [1.82, 2.24) is 0 Å². The van der Waals surface area contributed by atoms with E-state index >= 15 is 0 Å². The van der Waals surface area contributed by atoms with E-state index in [2.05, 4.69) is 0 Å². The third-order valence-electron chi connectivity index (χ3n) is 3.86. The van der Waals surface area contributed by atoms with Crippen LogP contribution >= 0.6 is 0 Å². The van der Waals surface area contributed by atoms with Crippen molar-refractivity contribution >= 4 is 28.4 Å². The average molecular weight is 342 g/mol. The van der Waals surface area contributed by atoms with Crippen LogP contribution in [0.1, 0.15) is 16.7 Å². The fourth-order valence-electron chi connectivity index (χ4n) is 2.65. The number of carboxylic acid groups (broad SMARTS) is 1. The van der Waals surface area contributed by atoms with Gasteiger partial charge in [-0.15, -0.1) is 0 Å². The summed E-state index contributed by atoms with van der Waals surface area (Å²) in [6, 6.07) is 17.1. The van der Waals surface area contributed by atoms with Gasteiger partial charge in [0.05, 0.1) is 11.1 Å². The first-order valence-electron chi connectivity index (χ1n) is 7.46. The lowest BCUT2D eigenvalue weighted by atomic mass is 9.96. The Morgan fingerprint density at radius 3 is 2.16 bits per heavy atom. The standard InChI is InChI=1S/C20H13F3O2/c21-20(22,23)15-10-8-13(9-11-15)12-18(19(24)25)17-7-3-5-14-4-1-2-6-16(14)17/h1-12H,(H,24,25)/b18-12-. The molecule has 0 amide bonds. The number of hydrogen-bond donors (Lipinski definition) is 1. The van der Waals surface area contributed by atoms with Gasteiger partial charge < -0.3 is 5.11 Å². The Bertz CT molecular complexity index is 949. The maximum atomic E-state index is 12.6. The number of carbonyl (C=O) groups is 1. The topological polar surface area (TPSA) is 37.3 Å². The summed E-state index contributed by atoms with van der Waals surface area (Å²) in [4.78, 5) is 11.7. The molecular formula is C20H13F3O2. The van der Waals surface area contributed by atoms with Crippen molar-refractivity contribution in [3.05, 3.63) is 83.4 Å². The number of hydrogen-bond acceptors (Lipinski definition) is 1. The van der Waals surface area contributed by atoms with E-state index in [9.17, 15) is 23.1 Å². The van der Waals surface area contributed by atoms with Crippen molar-refractivity contribution in [1.29, 1.82) is 0 Å². The number of aliphatic carboxylic acids is 1. The van der Waals surface area contributed by atoms with Crippen LogP contribution < -0.4 is 0 Å². The maximum absolute atomic E-state index is 12.6. The highest BCUT2D eigenvalue weighted by Crippen LogP contribution is 2.30. The molecule has 25 heavy (non-hydrogen) atoms. The molecule has 0 fully saturated rings. The first-order valence-corrected chi connectivity index (χ1v) is 7.46. The number of benzene rings is 3. The second-order valence-corrected chi connectivity index (χ2v) is 5.51. The normalized spacial score (nSPS) is 12.4. The molecule has 0 saturated carbocycles. The van der Waals surface area contributed by atoms with Crippen LogP contribution in [0.3, 0.4) is 0 Å². The number of halogens is 3. The van der Waals surface area contributed by atoms with E-state index in [0.29, 0.717) is 11.1 Å². The number of rotatable bonds is 3. The minimum atomic E-state index is -4.42. The zero-order valence-corrected chi connectivity index (χ0v) is 12.9. The van der Waals surface area contributed by atoms with E-state index in [0.717, 1.165) is 22.9 Å². The van der Waals surface area contributed by atoms with E-state index in [-0.39, 0.29) is 5.57 Å². The molecule has 0 saturated heterocycles. The Hall–Kier alpha value is -3.08. The fraction of sp³-hybridized carbons (Fsp3) is 0.0500. The summed E-state index contributed by atoms with van der Waals surface area (Å²) in [7, 11) is 0. The van der Waals surface area contributed by atoms with Crippen molar-refractivity contribution in [3.63, 3.8) is 0 Å². The molecule has 0 spiro atoms. The molecule has 1 N–H and O–H groups in total. The van der Waals surface area contributed by atoms with Crippen molar-refractivity contribution in [2.75, 3.05) is 0 Å². The predicted molar refractivity (Wildman–Crippen MR) is 90.9 cm³/mol. The first-order chi connectivity index (χ1) is 11.9. The summed E-state index contributed by atoms with van der Waals surface area (Å²) in [6.07, 6.45) is -3.04. The summed E-state index contributed by atoms with van der Waals surface area (Å²) >= 11 is 0. The third-order valence-corrected chi connectivity index (χ3v) is 3.86. The van der Waals surface area contributed by atoms with Crippen molar-refractivity contribution < 1.29 is 23.1 Å². The quantitative estimate of drug-likeness (QED) is 0.505. The minimum absolute atomic E-state index is 0.0246. The Morgan fingerprint density at radius 2 is 1.52 bits per heavy atom. The van der Waals surface area contributed by atoms with Gasteiger partial charge in [0.2, 0.25) is 0 Å². The summed E-state index contributed by atoms with van der Waals surface area (Å²) < 4.78 is 37.9. The average Bonchev–Trinajstić information content (AvgIpc) is 2.59. The largest absolute Gasteiger partial charge is 0.478 e. The highest BCUT2D eigenvalue weighted by Gasteiger charge is 2.29.